The third-order valence-electron chi connectivity index (χ3n) is 2.94. The molecule has 0 aliphatic heterocycles. The van der Waals surface area contributed by atoms with Crippen LogP contribution in [0.2, 0.25) is 0 Å². The summed E-state index contributed by atoms with van der Waals surface area (Å²) in [5.74, 6) is 0. The van der Waals surface area contributed by atoms with Gasteiger partial charge in [-0.15, -0.1) is 0 Å². The van der Waals surface area contributed by atoms with Crippen molar-refractivity contribution in [1.29, 1.82) is 0 Å². The van der Waals surface area contributed by atoms with Gasteiger partial charge in [0.05, 0.1) is 0 Å². The van der Waals surface area contributed by atoms with E-state index in [1.165, 1.54) is 22.3 Å². The van der Waals surface area contributed by atoms with Crippen LogP contribution < -0.4 is 5.73 Å². The molecule has 0 aromatic heterocycles. The average Bonchev–Trinajstić information content (AvgIpc) is 1.96. The molecule has 1 rings (SSSR count). The smallest absolute Gasteiger partial charge is 0.0305 e. The van der Waals surface area contributed by atoms with Crippen molar-refractivity contribution in [2.24, 2.45) is 11.1 Å². The Morgan fingerprint density at radius 2 is 1.50 bits per heavy atom. The fourth-order valence-electron chi connectivity index (χ4n) is 2.54. The summed E-state index contributed by atoms with van der Waals surface area (Å²) in [6.07, 6.45) is 1.03. The van der Waals surface area contributed by atoms with Crippen LogP contribution in [0.15, 0.2) is 12.1 Å². The molecule has 0 saturated heterocycles. The second-order valence-corrected chi connectivity index (χ2v) is 6.18. The van der Waals surface area contributed by atoms with Gasteiger partial charge >= 0.3 is 0 Å². The Kier molecular flexibility index (Phi) is 3.80. The molecule has 1 nitrogen and oxygen atoms in total. The number of rotatable bonds is 2. The van der Waals surface area contributed by atoms with E-state index < -0.39 is 0 Å². The molecule has 1 heteroatoms. The largest absolute Gasteiger partial charge is 0.324 e. The number of nitrogens with two attached hydrogens (primary N) is 1. The molecule has 16 heavy (non-hydrogen) atoms. The number of hydrogen-bond acceptors (Lipinski definition) is 1. The maximum absolute atomic E-state index is 6.33. The van der Waals surface area contributed by atoms with Crippen molar-refractivity contribution in [1.82, 2.24) is 0 Å². The summed E-state index contributed by atoms with van der Waals surface area (Å²) in [7, 11) is 0. The van der Waals surface area contributed by atoms with Gasteiger partial charge in [-0.1, -0.05) is 38.5 Å². The van der Waals surface area contributed by atoms with Gasteiger partial charge in [0.2, 0.25) is 0 Å². The SMILES string of the molecule is Cc1cc(C)c(C(N)CC(C)(C)C)c(C)c1. The predicted molar refractivity (Wildman–Crippen MR) is 71.7 cm³/mol. The van der Waals surface area contributed by atoms with Crippen molar-refractivity contribution in [2.75, 3.05) is 0 Å². The number of hydrogen-bond donors (Lipinski definition) is 1. The van der Waals surface area contributed by atoms with E-state index in [1.807, 2.05) is 0 Å². The molecule has 1 unspecified atom stereocenters. The summed E-state index contributed by atoms with van der Waals surface area (Å²) in [4.78, 5) is 0. The molecule has 90 valence electrons. The van der Waals surface area contributed by atoms with E-state index in [1.54, 1.807) is 0 Å². The summed E-state index contributed by atoms with van der Waals surface area (Å²) < 4.78 is 0. The van der Waals surface area contributed by atoms with Gasteiger partial charge in [-0.05, 0) is 49.3 Å². The van der Waals surface area contributed by atoms with E-state index in [-0.39, 0.29) is 11.5 Å². The topological polar surface area (TPSA) is 26.0 Å². The van der Waals surface area contributed by atoms with Crippen LogP contribution in [0.4, 0.5) is 0 Å². The van der Waals surface area contributed by atoms with Crippen molar-refractivity contribution in [3.05, 3.63) is 34.4 Å². The van der Waals surface area contributed by atoms with Gasteiger partial charge in [0.1, 0.15) is 0 Å². The Labute approximate surface area is 100 Å². The second-order valence-electron chi connectivity index (χ2n) is 6.18. The van der Waals surface area contributed by atoms with Gasteiger partial charge in [0.15, 0.2) is 0 Å². The lowest BCUT2D eigenvalue weighted by molar-refractivity contribution is 0.342. The number of benzene rings is 1. The Balaban J connectivity index is 3.04. The molecule has 0 radical (unpaired) electrons. The van der Waals surface area contributed by atoms with Crippen molar-refractivity contribution < 1.29 is 0 Å². The minimum Gasteiger partial charge on any atom is -0.324 e. The molecule has 0 bridgehead atoms. The van der Waals surface area contributed by atoms with Gasteiger partial charge in [-0.2, -0.15) is 0 Å². The van der Waals surface area contributed by atoms with Crippen LogP contribution in [-0.4, -0.2) is 0 Å². The van der Waals surface area contributed by atoms with Crippen LogP contribution in [0, 0.1) is 26.2 Å². The van der Waals surface area contributed by atoms with Crippen LogP contribution in [0.5, 0.6) is 0 Å². The summed E-state index contributed by atoms with van der Waals surface area (Å²) in [5.41, 5.74) is 11.9. The van der Waals surface area contributed by atoms with E-state index in [4.69, 9.17) is 5.73 Å². The van der Waals surface area contributed by atoms with Crippen molar-refractivity contribution in [3.63, 3.8) is 0 Å². The van der Waals surface area contributed by atoms with Gasteiger partial charge in [0, 0.05) is 6.04 Å². The third-order valence-corrected chi connectivity index (χ3v) is 2.94. The lowest BCUT2D eigenvalue weighted by atomic mass is 9.83. The molecule has 0 spiro atoms. The summed E-state index contributed by atoms with van der Waals surface area (Å²) in [5, 5.41) is 0. The molecule has 0 aliphatic rings. The zero-order valence-corrected chi connectivity index (χ0v) is 11.5. The lowest BCUT2D eigenvalue weighted by Crippen LogP contribution is -2.20. The van der Waals surface area contributed by atoms with Gasteiger partial charge in [0.25, 0.3) is 0 Å². The Morgan fingerprint density at radius 3 is 1.88 bits per heavy atom. The fraction of sp³-hybridized carbons (Fsp3) is 0.600. The first-order valence-electron chi connectivity index (χ1n) is 6.04. The molecule has 0 fully saturated rings. The summed E-state index contributed by atoms with van der Waals surface area (Å²) >= 11 is 0. The zero-order valence-electron chi connectivity index (χ0n) is 11.5. The average molecular weight is 219 g/mol. The van der Waals surface area contributed by atoms with Crippen molar-refractivity contribution in [2.45, 2.75) is 54.0 Å². The Bertz CT molecular complexity index is 349. The minimum absolute atomic E-state index is 0.153. The van der Waals surface area contributed by atoms with Crippen LogP contribution in [-0.2, 0) is 0 Å². The van der Waals surface area contributed by atoms with E-state index in [9.17, 15) is 0 Å². The maximum Gasteiger partial charge on any atom is 0.0305 e. The molecular formula is C15H25N. The van der Waals surface area contributed by atoms with E-state index in [2.05, 4.69) is 53.7 Å². The molecule has 1 aromatic rings. The molecule has 2 N–H and O–H groups in total. The first-order valence-corrected chi connectivity index (χ1v) is 6.04. The zero-order chi connectivity index (χ0) is 12.5. The predicted octanol–water partition coefficient (Wildman–Crippen LogP) is 4.05. The highest BCUT2D eigenvalue weighted by Gasteiger charge is 2.19. The molecule has 0 saturated carbocycles. The highest BCUT2D eigenvalue weighted by atomic mass is 14.6. The molecule has 1 aromatic carbocycles. The van der Waals surface area contributed by atoms with E-state index in [0.717, 1.165) is 6.42 Å². The van der Waals surface area contributed by atoms with Crippen LogP contribution >= 0.6 is 0 Å². The van der Waals surface area contributed by atoms with Crippen LogP contribution in [0.1, 0.15) is 55.5 Å². The van der Waals surface area contributed by atoms with Gasteiger partial charge < -0.3 is 5.73 Å². The van der Waals surface area contributed by atoms with Crippen molar-refractivity contribution in [3.8, 4) is 0 Å². The van der Waals surface area contributed by atoms with E-state index in [0.29, 0.717) is 0 Å². The van der Waals surface area contributed by atoms with Gasteiger partial charge in [-0.3, -0.25) is 0 Å². The van der Waals surface area contributed by atoms with Crippen LogP contribution in [0.25, 0.3) is 0 Å². The van der Waals surface area contributed by atoms with Crippen LogP contribution in [0.3, 0.4) is 0 Å². The monoisotopic (exact) mass is 219 g/mol. The molecular weight excluding hydrogens is 194 g/mol. The Morgan fingerprint density at radius 1 is 1.06 bits per heavy atom. The summed E-state index contributed by atoms with van der Waals surface area (Å²) in [6.45, 7) is 13.2. The Hall–Kier alpha value is -0.820. The minimum atomic E-state index is 0.153. The van der Waals surface area contributed by atoms with E-state index >= 15 is 0 Å². The third kappa shape index (κ3) is 3.34. The molecule has 0 aliphatic carbocycles. The maximum atomic E-state index is 6.33. The normalized spacial score (nSPS) is 13.9. The highest BCUT2D eigenvalue weighted by Crippen LogP contribution is 2.31. The summed E-state index contributed by atoms with van der Waals surface area (Å²) in [6, 6.07) is 4.61. The standard InChI is InChI=1S/C15H25N/c1-10-7-11(2)14(12(3)8-10)13(16)9-15(4,5)6/h7-8,13H,9,16H2,1-6H3. The fourth-order valence-corrected chi connectivity index (χ4v) is 2.54. The highest BCUT2D eigenvalue weighted by molar-refractivity contribution is 5.39. The number of aryl methyl sites for hydroxylation is 3. The lowest BCUT2D eigenvalue weighted by Gasteiger charge is -2.26. The first kappa shape index (κ1) is 13.2. The van der Waals surface area contributed by atoms with Gasteiger partial charge in [-0.25, -0.2) is 0 Å². The molecule has 0 heterocycles. The molecule has 0 amide bonds. The molecule has 1 atom stereocenters. The van der Waals surface area contributed by atoms with Crippen molar-refractivity contribution >= 4 is 0 Å². The quantitative estimate of drug-likeness (QED) is 0.798. The first-order chi connectivity index (χ1) is 7.20. The second kappa shape index (κ2) is 4.58.